The number of hydrogen-bond acceptors (Lipinski definition) is 2. The zero-order valence-corrected chi connectivity index (χ0v) is 10.9. The third-order valence-corrected chi connectivity index (χ3v) is 2.59. The standard InChI is InChI=1S/C15H20N2O/c1-12(2)11-18-15-8-4-3-7-14(15)17-10-13-6-5-9-16-13/h3-9,12,16-17H,10-11H2,1-2H3. The van der Waals surface area contributed by atoms with Gasteiger partial charge in [-0.15, -0.1) is 0 Å². The summed E-state index contributed by atoms with van der Waals surface area (Å²) in [5.41, 5.74) is 2.20. The fraction of sp³-hybridized carbons (Fsp3) is 0.333. The summed E-state index contributed by atoms with van der Waals surface area (Å²) in [4.78, 5) is 3.17. The van der Waals surface area contributed by atoms with E-state index in [4.69, 9.17) is 4.74 Å². The van der Waals surface area contributed by atoms with Crippen LogP contribution in [0.4, 0.5) is 5.69 Å². The van der Waals surface area contributed by atoms with Gasteiger partial charge in [-0.3, -0.25) is 0 Å². The third-order valence-electron chi connectivity index (χ3n) is 2.59. The van der Waals surface area contributed by atoms with Gasteiger partial charge in [-0.05, 0) is 30.2 Å². The van der Waals surface area contributed by atoms with Crippen molar-refractivity contribution in [3.63, 3.8) is 0 Å². The molecule has 0 aliphatic heterocycles. The molecule has 0 aliphatic carbocycles. The van der Waals surface area contributed by atoms with Gasteiger partial charge in [0.25, 0.3) is 0 Å². The first-order valence-corrected chi connectivity index (χ1v) is 6.33. The molecule has 0 saturated heterocycles. The van der Waals surface area contributed by atoms with Crippen LogP contribution in [0.25, 0.3) is 0 Å². The number of para-hydroxylation sites is 2. The predicted molar refractivity (Wildman–Crippen MR) is 74.9 cm³/mol. The molecule has 0 radical (unpaired) electrons. The van der Waals surface area contributed by atoms with Gasteiger partial charge in [0.15, 0.2) is 0 Å². The molecule has 3 nitrogen and oxygen atoms in total. The van der Waals surface area contributed by atoms with Crippen LogP contribution in [0.1, 0.15) is 19.5 Å². The van der Waals surface area contributed by atoms with Crippen LogP contribution in [0.3, 0.4) is 0 Å². The molecule has 0 unspecified atom stereocenters. The molecular weight excluding hydrogens is 224 g/mol. The molecule has 18 heavy (non-hydrogen) atoms. The molecule has 0 atom stereocenters. The molecule has 3 heteroatoms. The van der Waals surface area contributed by atoms with Gasteiger partial charge >= 0.3 is 0 Å². The van der Waals surface area contributed by atoms with E-state index in [1.54, 1.807) is 0 Å². The average molecular weight is 244 g/mol. The van der Waals surface area contributed by atoms with Crippen molar-refractivity contribution < 1.29 is 4.74 Å². The van der Waals surface area contributed by atoms with Crippen molar-refractivity contribution in [2.45, 2.75) is 20.4 Å². The number of aromatic amines is 1. The lowest BCUT2D eigenvalue weighted by Gasteiger charge is -2.14. The molecule has 2 rings (SSSR count). The van der Waals surface area contributed by atoms with E-state index in [2.05, 4.69) is 30.2 Å². The number of benzene rings is 1. The van der Waals surface area contributed by atoms with E-state index in [1.807, 2.05) is 36.5 Å². The Morgan fingerprint density at radius 1 is 1.17 bits per heavy atom. The topological polar surface area (TPSA) is 37.0 Å². The summed E-state index contributed by atoms with van der Waals surface area (Å²) in [7, 11) is 0. The van der Waals surface area contributed by atoms with Crippen molar-refractivity contribution in [3.05, 3.63) is 48.3 Å². The van der Waals surface area contributed by atoms with Gasteiger partial charge < -0.3 is 15.0 Å². The third kappa shape index (κ3) is 3.55. The smallest absolute Gasteiger partial charge is 0.142 e. The molecule has 96 valence electrons. The minimum atomic E-state index is 0.529. The van der Waals surface area contributed by atoms with Crippen LogP contribution < -0.4 is 10.1 Å². The fourth-order valence-electron chi connectivity index (χ4n) is 1.66. The molecule has 1 heterocycles. The van der Waals surface area contributed by atoms with Gasteiger partial charge in [-0.1, -0.05) is 26.0 Å². The molecule has 1 aromatic heterocycles. The van der Waals surface area contributed by atoms with E-state index < -0.39 is 0 Å². The van der Waals surface area contributed by atoms with Crippen molar-refractivity contribution in [1.29, 1.82) is 0 Å². The first-order valence-electron chi connectivity index (χ1n) is 6.33. The molecule has 0 bridgehead atoms. The maximum absolute atomic E-state index is 5.80. The Labute approximate surface area is 108 Å². The molecule has 0 spiro atoms. The van der Waals surface area contributed by atoms with Gasteiger partial charge in [-0.2, -0.15) is 0 Å². The monoisotopic (exact) mass is 244 g/mol. The molecule has 1 aromatic carbocycles. The van der Waals surface area contributed by atoms with Crippen molar-refractivity contribution in [1.82, 2.24) is 4.98 Å². The Bertz CT molecular complexity index is 463. The van der Waals surface area contributed by atoms with E-state index in [-0.39, 0.29) is 0 Å². The summed E-state index contributed by atoms with van der Waals surface area (Å²) in [6.45, 7) is 5.81. The number of H-pyrrole nitrogens is 1. The first kappa shape index (κ1) is 12.6. The molecule has 2 aromatic rings. The van der Waals surface area contributed by atoms with Crippen LogP contribution in [-0.4, -0.2) is 11.6 Å². The highest BCUT2D eigenvalue weighted by Gasteiger charge is 2.03. The molecule has 2 N–H and O–H groups in total. The highest BCUT2D eigenvalue weighted by atomic mass is 16.5. The number of anilines is 1. The van der Waals surface area contributed by atoms with Gasteiger partial charge in [-0.25, -0.2) is 0 Å². The van der Waals surface area contributed by atoms with E-state index in [0.29, 0.717) is 5.92 Å². The molecule has 0 saturated carbocycles. The minimum Gasteiger partial charge on any atom is -0.491 e. The molecule has 0 aliphatic rings. The SMILES string of the molecule is CC(C)COc1ccccc1NCc1ccc[nH]1. The quantitative estimate of drug-likeness (QED) is 0.813. The Morgan fingerprint density at radius 2 is 2.00 bits per heavy atom. The largest absolute Gasteiger partial charge is 0.491 e. The van der Waals surface area contributed by atoms with Gasteiger partial charge in [0.05, 0.1) is 18.8 Å². The van der Waals surface area contributed by atoms with Crippen LogP contribution in [0.15, 0.2) is 42.6 Å². The Kier molecular flexibility index (Phi) is 4.29. The summed E-state index contributed by atoms with van der Waals surface area (Å²) >= 11 is 0. The second-order valence-corrected chi connectivity index (χ2v) is 4.75. The zero-order chi connectivity index (χ0) is 12.8. The predicted octanol–water partition coefficient (Wildman–Crippen LogP) is 3.66. The summed E-state index contributed by atoms with van der Waals surface area (Å²) in [6.07, 6.45) is 1.93. The van der Waals surface area contributed by atoms with Crippen molar-refractivity contribution in [2.75, 3.05) is 11.9 Å². The van der Waals surface area contributed by atoms with Crippen LogP contribution in [0.2, 0.25) is 0 Å². The summed E-state index contributed by atoms with van der Waals surface area (Å²) in [5.74, 6) is 1.44. The van der Waals surface area contributed by atoms with E-state index in [1.165, 1.54) is 0 Å². The Morgan fingerprint density at radius 3 is 2.72 bits per heavy atom. The van der Waals surface area contributed by atoms with Crippen molar-refractivity contribution in [2.24, 2.45) is 5.92 Å². The summed E-state index contributed by atoms with van der Waals surface area (Å²) in [6, 6.07) is 12.1. The second-order valence-electron chi connectivity index (χ2n) is 4.75. The minimum absolute atomic E-state index is 0.529. The van der Waals surface area contributed by atoms with Crippen molar-refractivity contribution in [3.8, 4) is 5.75 Å². The van der Waals surface area contributed by atoms with Crippen LogP contribution in [0.5, 0.6) is 5.75 Å². The molecular formula is C15H20N2O. The zero-order valence-electron chi connectivity index (χ0n) is 10.9. The lowest BCUT2D eigenvalue weighted by atomic mass is 10.2. The highest BCUT2D eigenvalue weighted by Crippen LogP contribution is 2.24. The maximum atomic E-state index is 5.80. The number of ether oxygens (including phenoxy) is 1. The van der Waals surface area contributed by atoms with Crippen LogP contribution in [0, 0.1) is 5.92 Å². The number of nitrogens with one attached hydrogen (secondary N) is 2. The highest BCUT2D eigenvalue weighted by molar-refractivity contribution is 5.56. The first-order chi connectivity index (χ1) is 8.75. The van der Waals surface area contributed by atoms with Gasteiger partial charge in [0.1, 0.15) is 5.75 Å². The molecule has 0 amide bonds. The lowest BCUT2D eigenvalue weighted by molar-refractivity contribution is 0.272. The van der Waals surface area contributed by atoms with E-state index in [0.717, 1.165) is 30.3 Å². The Hall–Kier alpha value is -1.90. The molecule has 0 fully saturated rings. The number of hydrogen-bond donors (Lipinski definition) is 2. The number of aromatic nitrogens is 1. The van der Waals surface area contributed by atoms with Crippen LogP contribution in [-0.2, 0) is 6.54 Å². The average Bonchev–Trinajstić information content (AvgIpc) is 2.88. The second kappa shape index (κ2) is 6.15. The van der Waals surface area contributed by atoms with Gasteiger partial charge in [0.2, 0.25) is 0 Å². The normalized spacial score (nSPS) is 10.6. The summed E-state index contributed by atoms with van der Waals surface area (Å²) < 4.78 is 5.80. The van der Waals surface area contributed by atoms with Gasteiger partial charge in [0, 0.05) is 11.9 Å². The van der Waals surface area contributed by atoms with E-state index >= 15 is 0 Å². The maximum Gasteiger partial charge on any atom is 0.142 e. The fourth-order valence-corrected chi connectivity index (χ4v) is 1.66. The Balaban J connectivity index is 1.98. The lowest BCUT2D eigenvalue weighted by Crippen LogP contribution is -2.07. The van der Waals surface area contributed by atoms with Crippen LogP contribution >= 0.6 is 0 Å². The van der Waals surface area contributed by atoms with E-state index in [9.17, 15) is 0 Å². The number of rotatable bonds is 6. The van der Waals surface area contributed by atoms with Crippen molar-refractivity contribution >= 4 is 5.69 Å². The summed E-state index contributed by atoms with van der Waals surface area (Å²) in [5, 5.41) is 3.38.